The number of alkyl halides is 11. The topological polar surface area (TPSA) is 43.4 Å². The van der Waals surface area contributed by atoms with Crippen LogP contribution in [0.15, 0.2) is 0 Å². The molecule has 0 aromatic rings. The third-order valence-corrected chi connectivity index (χ3v) is 2.88. The number of halogens is 11. The molecule has 0 saturated heterocycles. The Morgan fingerprint density at radius 2 is 1.20 bits per heavy atom. The number of ketones is 1. The molecule has 0 bridgehead atoms. The minimum atomic E-state index is -7.70. The van der Waals surface area contributed by atoms with Gasteiger partial charge in [0.15, 0.2) is 0 Å². The molecule has 25 heavy (non-hydrogen) atoms. The first-order chi connectivity index (χ1) is 10.8. The van der Waals surface area contributed by atoms with Crippen molar-refractivity contribution in [1.82, 2.24) is 0 Å². The lowest BCUT2D eigenvalue weighted by Gasteiger charge is -2.37. The molecule has 0 aliphatic carbocycles. The van der Waals surface area contributed by atoms with Crippen LogP contribution < -0.4 is 0 Å². The van der Waals surface area contributed by atoms with Crippen LogP contribution in [0.4, 0.5) is 48.3 Å². The molecular formula is C11H9F11O3. The first kappa shape index (κ1) is 23.4. The molecule has 14 heteroatoms. The summed E-state index contributed by atoms with van der Waals surface area (Å²) in [5.74, 6) is -37.6. The van der Waals surface area contributed by atoms with Gasteiger partial charge in [0, 0.05) is 0 Å². The third kappa shape index (κ3) is 3.52. The fourth-order valence-corrected chi connectivity index (χ4v) is 1.37. The van der Waals surface area contributed by atoms with Gasteiger partial charge in [0.1, 0.15) is 5.92 Å². The highest BCUT2D eigenvalue weighted by Crippen LogP contribution is 2.57. The van der Waals surface area contributed by atoms with Gasteiger partial charge in [-0.2, -0.15) is 48.3 Å². The fourth-order valence-electron chi connectivity index (χ4n) is 1.37. The molecule has 0 aromatic heterocycles. The molecule has 0 N–H and O–H groups in total. The summed E-state index contributed by atoms with van der Waals surface area (Å²) in [6, 6.07) is 0. The van der Waals surface area contributed by atoms with E-state index in [1.54, 1.807) is 0 Å². The average molecular weight is 398 g/mol. The summed E-state index contributed by atoms with van der Waals surface area (Å²) in [6.07, 6.45) is -7.33. The molecule has 0 aromatic carbocycles. The SMILES string of the molecule is CCOC(=O)C(C)C(=O)C(F)(F)C(F)(F)C(F)(F)C(F)(F)C(F)(F)F. The summed E-state index contributed by atoms with van der Waals surface area (Å²) in [7, 11) is 0. The van der Waals surface area contributed by atoms with E-state index in [0.717, 1.165) is 6.92 Å². The van der Waals surface area contributed by atoms with Crippen LogP contribution in [0.25, 0.3) is 0 Å². The molecule has 0 aliphatic heterocycles. The lowest BCUT2D eigenvalue weighted by molar-refractivity contribution is -0.417. The van der Waals surface area contributed by atoms with E-state index in [1.165, 1.54) is 0 Å². The minimum Gasteiger partial charge on any atom is -0.465 e. The molecule has 1 atom stereocenters. The van der Waals surface area contributed by atoms with Gasteiger partial charge in [-0.1, -0.05) is 0 Å². The molecule has 0 radical (unpaired) electrons. The third-order valence-electron chi connectivity index (χ3n) is 2.88. The summed E-state index contributed by atoms with van der Waals surface area (Å²) in [6.45, 7) is 0.727. The summed E-state index contributed by atoms with van der Waals surface area (Å²) < 4.78 is 144. The number of carbonyl (C=O) groups is 2. The zero-order valence-electron chi connectivity index (χ0n) is 12.2. The molecule has 0 heterocycles. The molecule has 0 fully saturated rings. The summed E-state index contributed by atoms with van der Waals surface area (Å²) in [4.78, 5) is 22.2. The minimum absolute atomic E-state index is 0.199. The van der Waals surface area contributed by atoms with Crippen LogP contribution in [0.5, 0.6) is 0 Å². The smallest absolute Gasteiger partial charge is 0.460 e. The highest BCUT2D eigenvalue weighted by molar-refractivity contribution is 6.02. The van der Waals surface area contributed by atoms with Gasteiger partial charge in [-0.25, -0.2) is 0 Å². The van der Waals surface area contributed by atoms with E-state index in [-0.39, 0.29) is 6.92 Å². The maximum absolute atomic E-state index is 13.4. The van der Waals surface area contributed by atoms with Gasteiger partial charge in [-0.05, 0) is 13.8 Å². The Morgan fingerprint density at radius 1 is 0.800 bits per heavy atom. The van der Waals surface area contributed by atoms with E-state index in [2.05, 4.69) is 4.74 Å². The molecular weight excluding hydrogens is 389 g/mol. The van der Waals surface area contributed by atoms with Crippen molar-refractivity contribution in [3.63, 3.8) is 0 Å². The van der Waals surface area contributed by atoms with Gasteiger partial charge in [0.25, 0.3) is 0 Å². The van der Waals surface area contributed by atoms with Crippen LogP contribution in [0.2, 0.25) is 0 Å². The molecule has 0 amide bonds. The second-order valence-electron chi connectivity index (χ2n) is 4.63. The lowest BCUT2D eigenvalue weighted by atomic mass is 9.90. The Balaban J connectivity index is 6.05. The van der Waals surface area contributed by atoms with Crippen LogP contribution in [0.3, 0.4) is 0 Å². The van der Waals surface area contributed by atoms with Crippen molar-refractivity contribution in [2.45, 2.75) is 43.7 Å². The first-order valence-electron chi connectivity index (χ1n) is 6.09. The standard InChI is InChI=1S/C11H9F11O3/c1-3-25-6(24)4(2)5(23)7(12,13)8(14,15)9(16,17)10(18,19)11(20,21)22/h4H,3H2,1-2H3. The van der Waals surface area contributed by atoms with Crippen molar-refractivity contribution in [2.24, 2.45) is 5.92 Å². The predicted molar refractivity (Wildman–Crippen MR) is 56.6 cm³/mol. The Bertz CT molecular complexity index is 524. The molecule has 0 rings (SSSR count). The number of Topliss-reactive ketones (excluding diaryl/α,β-unsaturated/α-hetero) is 1. The number of hydrogen-bond donors (Lipinski definition) is 0. The van der Waals surface area contributed by atoms with Gasteiger partial charge in [0.2, 0.25) is 5.78 Å². The van der Waals surface area contributed by atoms with Crippen molar-refractivity contribution >= 4 is 11.8 Å². The van der Waals surface area contributed by atoms with Gasteiger partial charge < -0.3 is 4.74 Å². The van der Waals surface area contributed by atoms with Crippen LogP contribution in [-0.2, 0) is 14.3 Å². The van der Waals surface area contributed by atoms with Crippen molar-refractivity contribution in [3.05, 3.63) is 0 Å². The molecule has 1 unspecified atom stereocenters. The van der Waals surface area contributed by atoms with E-state index in [4.69, 9.17) is 0 Å². The molecule has 148 valence electrons. The highest BCUT2D eigenvalue weighted by Gasteiger charge is 2.88. The second kappa shape index (κ2) is 6.59. The van der Waals surface area contributed by atoms with E-state index >= 15 is 0 Å². The number of ether oxygens (including phenoxy) is 1. The van der Waals surface area contributed by atoms with Gasteiger partial charge in [-0.3, -0.25) is 9.59 Å². The zero-order valence-corrected chi connectivity index (χ0v) is 12.2. The van der Waals surface area contributed by atoms with Crippen LogP contribution in [-0.4, -0.2) is 48.2 Å². The monoisotopic (exact) mass is 398 g/mol. The van der Waals surface area contributed by atoms with Crippen molar-refractivity contribution in [1.29, 1.82) is 0 Å². The lowest BCUT2D eigenvalue weighted by Crippen LogP contribution is -2.68. The first-order valence-corrected chi connectivity index (χ1v) is 6.09. The summed E-state index contributed by atoms with van der Waals surface area (Å²) in [5.41, 5.74) is 0. The van der Waals surface area contributed by atoms with Gasteiger partial charge in [-0.15, -0.1) is 0 Å². The molecule has 3 nitrogen and oxygen atoms in total. The van der Waals surface area contributed by atoms with Gasteiger partial charge in [0.05, 0.1) is 6.61 Å². The average Bonchev–Trinajstić information content (AvgIpc) is 2.43. The van der Waals surface area contributed by atoms with E-state index in [1.807, 2.05) is 0 Å². The number of esters is 1. The number of hydrogen-bond acceptors (Lipinski definition) is 3. The largest absolute Gasteiger partial charge is 0.465 e. The molecule has 0 aliphatic rings. The van der Waals surface area contributed by atoms with E-state index < -0.39 is 54.1 Å². The Hall–Kier alpha value is -1.63. The second-order valence-corrected chi connectivity index (χ2v) is 4.63. The summed E-state index contributed by atoms with van der Waals surface area (Å²) in [5, 5.41) is 0. The number of carbonyl (C=O) groups excluding carboxylic acids is 2. The van der Waals surface area contributed by atoms with Gasteiger partial charge >= 0.3 is 35.8 Å². The Kier molecular flexibility index (Phi) is 6.16. The maximum Gasteiger partial charge on any atom is 0.460 e. The Morgan fingerprint density at radius 3 is 1.52 bits per heavy atom. The highest BCUT2D eigenvalue weighted by atomic mass is 19.4. The Labute approximate surface area is 132 Å². The summed E-state index contributed by atoms with van der Waals surface area (Å²) >= 11 is 0. The van der Waals surface area contributed by atoms with E-state index in [9.17, 15) is 57.9 Å². The van der Waals surface area contributed by atoms with Crippen LogP contribution in [0.1, 0.15) is 13.8 Å². The number of rotatable bonds is 7. The fraction of sp³-hybridized carbons (Fsp3) is 0.818. The van der Waals surface area contributed by atoms with Crippen molar-refractivity contribution in [3.8, 4) is 0 Å². The predicted octanol–water partition coefficient (Wildman–Crippen LogP) is 3.86. The maximum atomic E-state index is 13.4. The van der Waals surface area contributed by atoms with Crippen molar-refractivity contribution < 1.29 is 62.6 Å². The quantitative estimate of drug-likeness (QED) is 0.372. The molecule has 0 spiro atoms. The normalized spacial score (nSPS) is 15.7. The van der Waals surface area contributed by atoms with Crippen LogP contribution >= 0.6 is 0 Å². The zero-order chi connectivity index (χ0) is 20.6. The molecule has 0 saturated carbocycles. The van der Waals surface area contributed by atoms with Crippen LogP contribution in [0, 0.1) is 5.92 Å². The van der Waals surface area contributed by atoms with Crippen molar-refractivity contribution in [2.75, 3.05) is 6.61 Å². The van der Waals surface area contributed by atoms with E-state index in [0.29, 0.717) is 0 Å².